The lowest BCUT2D eigenvalue weighted by Gasteiger charge is -2.28. The molecule has 1 saturated carbocycles. The molecule has 0 unspecified atom stereocenters. The molecule has 0 aromatic rings. The van der Waals surface area contributed by atoms with Crippen LogP contribution in [0.4, 0.5) is 4.79 Å². The SMILES string of the molecule is CC(C)(C)OC(=O)N1C[C@H]2C[C@H]2[C@@H]1C(=O)O. The van der Waals surface area contributed by atoms with Gasteiger partial charge in [-0.25, -0.2) is 9.59 Å². The maximum absolute atomic E-state index is 11.8. The number of carbonyl (C=O) groups excluding carboxylic acids is 1. The van der Waals surface area contributed by atoms with E-state index in [9.17, 15) is 9.59 Å². The normalized spacial score (nSPS) is 32.2. The number of carboxylic acids is 1. The van der Waals surface area contributed by atoms with Crippen LogP contribution in [0.1, 0.15) is 27.2 Å². The summed E-state index contributed by atoms with van der Waals surface area (Å²) in [7, 11) is 0. The molecule has 90 valence electrons. The van der Waals surface area contributed by atoms with Crippen LogP contribution in [0.2, 0.25) is 0 Å². The number of likely N-dealkylation sites (tertiary alicyclic amines) is 1. The number of aliphatic carboxylic acids is 1. The van der Waals surface area contributed by atoms with Crippen LogP contribution >= 0.6 is 0 Å². The molecular weight excluding hydrogens is 210 g/mol. The van der Waals surface area contributed by atoms with E-state index in [1.54, 1.807) is 20.8 Å². The average Bonchev–Trinajstić information content (AvgIpc) is 2.73. The van der Waals surface area contributed by atoms with E-state index in [0.717, 1.165) is 6.42 Å². The Balaban J connectivity index is 2.04. The molecule has 3 atom stereocenters. The molecular formula is C11H17NO4. The Bertz CT molecular complexity index is 333. The Hall–Kier alpha value is -1.26. The van der Waals surface area contributed by atoms with Crippen molar-refractivity contribution in [1.29, 1.82) is 0 Å². The van der Waals surface area contributed by atoms with E-state index in [1.807, 2.05) is 0 Å². The monoisotopic (exact) mass is 227 g/mol. The van der Waals surface area contributed by atoms with Crippen molar-refractivity contribution in [2.24, 2.45) is 11.8 Å². The quantitative estimate of drug-likeness (QED) is 0.733. The molecule has 0 radical (unpaired) electrons. The first-order valence-electron chi connectivity index (χ1n) is 5.52. The first-order chi connectivity index (χ1) is 7.29. The number of hydrogen-bond donors (Lipinski definition) is 1. The Morgan fingerprint density at radius 3 is 2.50 bits per heavy atom. The minimum atomic E-state index is -0.921. The average molecular weight is 227 g/mol. The first-order valence-corrected chi connectivity index (χ1v) is 5.52. The molecule has 16 heavy (non-hydrogen) atoms. The summed E-state index contributed by atoms with van der Waals surface area (Å²) in [6.07, 6.45) is 0.420. The van der Waals surface area contributed by atoms with Crippen LogP contribution in [-0.4, -0.2) is 40.3 Å². The van der Waals surface area contributed by atoms with Crippen LogP contribution < -0.4 is 0 Å². The van der Waals surface area contributed by atoms with Crippen molar-refractivity contribution in [3.8, 4) is 0 Å². The van der Waals surface area contributed by atoms with E-state index in [-0.39, 0.29) is 5.92 Å². The van der Waals surface area contributed by atoms with Crippen molar-refractivity contribution in [1.82, 2.24) is 4.90 Å². The molecule has 1 heterocycles. The maximum atomic E-state index is 11.8. The highest BCUT2D eigenvalue weighted by Gasteiger charge is 2.57. The topological polar surface area (TPSA) is 66.8 Å². The minimum absolute atomic E-state index is 0.144. The third-order valence-electron chi connectivity index (χ3n) is 3.03. The molecule has 1 saturated heterocycles. The molecule has 5 heteroatoms. The van der Waals surface area contributed by atoms with Gasteiger partial charge in [0, 0.05) is 6.54 Å². The van der Waals surface area contributed by atoms with Gasteiger partial charge in [0.05, 0.1) is 0 Å². The summed E-state index contributed by atoms with van der Waals surface area (Å²) in [5.74, 6) is -0.408. The lowest BCUT2D eigenvalue weighted by molar-refractivity contribution is -0.142. The largest absolute Gasteiger partial charge is 0.480 e. The zero-order chi connectivity index (χ0) is 12.1. The third-order valence-corrected chi connectivity index (χ3v) is 3.03. The van der Waals surface area contributed by atoms with Crippen molar-refractivity contribution in [3.05, 3.63) is 0 Å². The molecule has 0 aromatic heterocycles. The second-order valence-corrected chi connectivity index (χ2v) is 5.58. The van der Waals surface area contributed by atoms with E-state index in [2.05, 4.69) is 0 Å². The predicted molar refractivity (Wildman–Crippen MR) is 56.0 cm³/mol. The van der Waals surface area contributed by atoms with E-state index in [0.29, 0.717) is 12.5 Å². The smallest absolute Gasteiger partial charge is 0.411 e. The predicted octanol–water partition coefficient (Wildman–Crippen LogP) is 1.33. The van der Waals surface area contributed by atoms with Gasteiger partial charge in [-0.2, -0.15) is 0 Å². The van der Waals surface area contributed by atoms with Crippen molar-refractivity contribution in [3.63, 3.8) is 0 Å². The molecule has 0 spiro atoms. The number of hydrogen-bond acceptors (Lipinski definition) is 3. The fourth-order valence-electron chi connectivity index (χ4n) is 2.29. The number of carbonyl (C=O) groups is 2. The van der Waals surface area contributed by atoms with Gasteiger partial charge in [-0.15, -0.1) is 0 Å². The maximum Gasteiger partial charge on any atom is 0.411 e. The van der Waals surface area contributed by atoms with Crippen molar-refractivity contribution in [2.75, 3.05) is 6.54 Å². The molecule has 1 aliphatic carbocycles. The summed E-state index contributed by atoms with van der Waals surface area (Å²) in [5, 5.41) is 9.08. The lowest BCUT2D eigenvalue weighted by Crippen LogP contribution is -2.45. The second-order valence-electron chi connectivity index (χ2n) is 5.58. The van der Waals surface area contributed by atoms with Gasteiger partial charge in [-0.1, -0.05) is 0 Å². The van der Waals surface area contributed by atoms with Crippen molar-refractivity contribution in [2.45, 2.75) is 38.8 Å². The fraction of sp³-hybridized carbons (Fsp3) is 0.818. The lowest BCUT2D eigenvalue weighted by atomic mass is 10.2. The van der Waals surface area contributed by atoms with E-state index in [1.165, 1.54) is 4.90 Å². The Morgan fingerprint density at radius 2 is 2.00 bits per heavy atom. The minimum Gasteiger partial charge on any atom is -0.480 e. The van der Waals surface area contributed by atoms with Crippen LogP contribution in [0.5, 0.6) is 0 Å². The molecule has 1 aliphatic heterocycles. The molecule has 5 nitrogen and oxygen atoms in total. The second kappa shape index (κ2) is 3.37. The fourth-order valence-corrected chi connectivity index (χ4v) is 2.29. The van der Waals surface area contributed by atoms with E-state index in [4.69, 9.17) is 9.84 Å². The molecule has 2 fully saturated rings. The Kier molecular flexibility index (Phi) is 2.36. The van der Waals surface area contributed by atoms with Crippen LogP contribution in [0.3, 0.4) is 0 Å². The van der Waals surface area contributed by atoms with Gasteiger partial charge in [-0.05, 0) is 39.0 Å². The Morgan fingerprint density at radius 1 is 1.38 bits per heavy atom. The van der Waals surface area contributed by atoms with Crippen molar-refractivity contribution < 1.29 is 19.4 Å². The highest BCUT2D eigenvalue weighted by atomic mass is 16.6. The highest BCUT2D eigenvalue weighted by Crippen LogP contribution is 2.49. The molecule has 0 aromatic carbocycles. The zero-order valence-electron chi connectivity index (χ0n) is 9.77. The van der Waals surface area contributed by atoms with Crippen LogP contribution in [0, 0.1) is 11.8 Å². The molecule has 1 amide bonds. The van der Waals surface area contributed by atoms with E-state index >= 15 is 0 Å². The number of piperidine rings is 1. The summed E-state index contributed by atoms with van der Waals surface area (Å²) in [6.45, 7) is 5.85. The van der Waals surface area contributed by atoms with E-state index < -0.39 is 23.7 Å². The van der Waals surface area contributed by atoms with Gasteiger partial charge in [0.2, 0.25) is 0 Å². The number of amides is 1. The van der Waals surface area contributed by atoms with Crippen LogP contribution in [0.15, 0.2) is 0 Å². The van der Waals surface area contributed by atoms with Gasteiger partial charge in [0.15, 0.2) is 0 Å². The van der Waals surface area contributed by atoms with Gasteiger partial charge in [0.25, 0.3) is 0 Å². The van der Waals surface area contributed by atoms with Gasteiger partial charge < -0.3 is 9.84 Å². The Labute approximate surface area is 94.4 Å². The molecule has 2 rings (SSSR count). The molecule has 0 bridgehead atoms. The molecule has 1 N–H and O–H groups in total. The van der Waals surface area contributed by atoms with Crippen LogP contribution in [-0.2, 0) is 9.53 Å². The number of nitrogens with zero attached hydrogens (tertiary/aromatic N) is 1. The van der Waals surface area contributed by atoms with Gasteiger partial charge >= 0.3 is 12.1 Å². The summed E-state index contributed by atoms with van der Waals surface area (Å²) in [6, 6.07) is -0.681. The number of fused-ring (bicyclic) bond motifs is 1. The number of ether oxygens (including phenoxy) is 1. The first kappa shape index (κ1) is 11.2. The molecule has 2 aliphatic rings. The summed E-state index contributed by atoms with van der Waals surface area (Å²) < 4.78 is 5.19. The highest BCUT2D eigenvalue weighted by molar-refractivity contribution is 5.82. The summed E-state index contributed by atoms with van der Waals surface area (Å²) >= 11 is 0. The standard InChI is InChI=1S/C11H17NO4/c1-11(2,3)16-10(15)12-5-6-4-7(6)8(12)9(13)14/h6-8H,4-5H2,1-3H3,(H,13,14)/t6-,7-,8-/m1/s1. The third kappa shape index (κ3) is 1.99. The van der Waals surface area contributed by atoms with Crippen molar-refractivity contribution >= 4 is 12.1 Å². The van der Waals surface area contributed by atoms with Gasteiger partial charge in [0.1, 0.15) is 11.6 Å². The van der Waals surface area contributed by atoms with Crippen LogP contribution in [0.25, 0.3) is 0 Å². The van der Waals surface area contributed by atoms with Gasteiger partial charge in [-0.3, -0.25) is 4.90 Å². The summed E-state index contributed by atoms with van der Waals surface area (Å²) in [5.41, 5.74) is -0.576. The number of rotatable bonds is 1. The summed E-state index contributed by atoms with van der Waals surface area (Å²) in [4.78, 5) is 24.2. The number of carboxylic acid groups (broad SMARTS) is 1. The zero-order valence-corrected chi connectivity index (χ0v) is 9.77.